The number of carbonyl (C=O) groups excluding carboxylic acids is 2. The minimum atomic E-state index is -0.592. The molecule has 1 aliphatic rings. The quantitative estimate of drug-likeness (QED) is 0.725. The van der Waals surface area contributed by atoms with Crippen molar-refractivity contribution in [1.82, 2.24) is 9.80 Å². The lowest BCUT2D eigenvalue weighted by molar-refractivity contribution is -0.128. The number of hydrogen-bond donors (Lipinski definition) is 0. The second-order valence-electron chi connectivity index (χ2n) is 6.79. The lowest BCUT2D eigenvalue weighted by Crippen LogP contribution is -2.40. The van der Waals surface area contributed by atoms with Crippen LogP contribution in [0.15, 0.2) is 42.5 Å². The van der Waals surface area contributed by atoms with Crippen LogP contribution in [0, 0.1) is 12.7 Å². The Morgan fingerprint density at radius 1 is 1.15 bits per heavy atom. The average Bonchev–Trinajstić information content (AvgIpc) is 2.83. The fourth-order valence-corrected chi connectivity index (χ4v) is 3.36. The van der Waals surface area contributed by atoms with Gasteiger partial charge in [0, 0.05) is 22.8 Å². The maximum atomic E-state index is 14.0. The van der Waals surface area contributed by atoms with Crippen molar-refractivity contribution in [1.29, 1.82) is 0 Å². The van der Waals surface area contributed by atoms with Crippen LogP contribution in [0.5, 0.6) is 0 Å². The second-order valence-corrected chi connectivity index (χ2v) is 7.19. The molecule has 0 radical (unpaired) electrons. The number of aryl methyl sites for hydroxylation is 1. The molecule has 0 unspecified atom stereocenters. The van der Waals surface area contributed by atoms with E-state index in [1.807, 2.05) is 31.2 Å². The summed E-state index contributed by atoms with van der Waals surface area (Å²) >= 11 is 6.06. The van der Waals surface area contributed by atoms with Gasteiger partial charge >= 0.3 is 6.03 Å². The van der Waals surface area contributed by atoms with E-state index < -0.39 is 11.9 Å². The summed E-state index contributed by atoms with van der Waals surface area (Å²) in [6.45, 7) is 3.89. The summed E-state index contributed by atoms with van der Waals surface area (Å²) in [7, 11) is 1.71. The van der Waals surface area contributed by atoms with E-state index in [1.165, 1.54) is 21.9 Å². The molecular weight excluding hydrogens is 369 g/mol. The van der Waals surface area contributed by atoms with E-state index in [0.29, 0.717) is 16.3 Å². The van der Waals surface area contributed by atoms with Crippen LogP contribution in [0.3, 0.4) is 0 Å². The number of anilines is 1. The van der Waals surface area contributed by atoms with Crippen molar-refractivity contribution in [2.45, 2.75) is 26.4 Å². The van der Waals surface area contributed by atoms with Crippen LogP contribution in [0.4, 0.5) is 14.9 Å². The van der Waals surface area contributed by atoms with E-state index in [2.05, 4.69) is 0 Å². The van der Waals surface area contributed by atoms with Gasteiger partial charge in [0.1, 0.15) is 11.9 Å². The summed E-state index contributed by atoms with van der Waals surface area (Å²) in [5, 5.41) is 0.315. The number of hydrogen-bond acceptors (Lipinski definition) is 3. The second kappa shape index (κ2) is 7.66. The topological polar surface area (TPSA) is 43.9 Å². The molecule has 0 N–H and O–H groups in total. The number of imide groups is 1. The van der Waals surface area contributed by atoms with Crippen molar-refractivity contribution < 1.29 is 14.0 Å². The molecule has 0 aliphatic carbocycles. The molecular formula is C20H21ClFN3O2. The number of halogens is 2. The van der Waals surface area contributed by atoms with E-state index in [4.69, 9.17) is 11.6 Å². The van der Waals surface area contributed by atoms with Gasteiger partial charge in [-0.15, -0.1) is 0 Å². The van der Waals surface area contributed by atoms with Gasteiger partial charge in [0.2, 0.25) is 0 Å². The Morgan fingerprint density at radius 3 is 2.44 bits per heavy atom. The Hall–Kier alpha value is -2.44. The highest BCUT2D eigenvalue weighted by Crippen LogP contribution is 2.27. The number of amides is 3. The highest BCUT2D eigenvalue weighted by Gasteiger charge is 2.43. The molecule has 1 fully saturated rings. The van der Waals surface area contributed by atoms with Gasteiger partial charge in [0.15, 0.2) is 0 Å². The molecule has 5 nitrogen and oxygen atoms in total. The summed E-state index contributed by atoms with van der Waals surface area (Å²) in [4.78, 5) is 29.8. The van der Waals surface area contributed by atoms with Crippen LogP contribution in [-0.4, -0.2) is 41.5 Å². The standard InChI is InChI=1S/C20H21ClFN3O2/c1-13-7-9-15(10-8-13)25-14(2)19(26)24(20(25)27)12-23(3)11-16-17(21)5-4-6-18(16)22/h4-10,14H,11-12H2,1-3H3/t14-/m1/s1. The maximum Gasteiger partial charge on any atom is 0.333 e. The highest BCUT2D eigenvalue weighted by atomic mass is 35.5. The number of benzene rings is 2. The summed E-state index contributed by atoms with van der Waals surface area (Å²) in [5.41, 5.74) is 2.08. The van der Waals surface area contributed by atoms with E-state index in [-0.39, 0.29) is 25.2 Å². The van der Waals surface area contributed by atoms with Gasteiger partial charge in [-0.25, -0.2) is 14.1 Å². The van der Waals surface area contributed by atoms with Crippen molar-refractivity contribution in [3.05, 3.63) is 64.4 Å². The molecule has 1 aliphatic heterocycles. The maximum absolute atomic E-state index is 14.0. The Balaban J connectivity index is 1.76. The molecule has 0 bridgehead atoms. The van der Waals surface area contributed by atoms with E-state index >= 15 is 0 Å². The third-order valence-corrected chi connectivity index (χ3v) is 4.99. The van der Waals surface area contributed by atoms with Crippen LogP contribution >= 0.6 is 11.6 Å². The predicted molar refractivity (Wildman–Crippen MR) is 103 cm³/mol. The smallest absolute Gasteiger partial charge is 0.284 e. The number of nitrogens with zero attached hydrogens (tertiary/aromatic N) is 3. The predicted octanol–water partition coefficient (Wildman–Crippen LogP) is 4.03. The van der Waals surface area contributed by atoms with Crippen LogP contribution in [-0.2, 0) is 11.3 Å². The molecule has 142 valence electrons. The van der Waals surface area contributed by atoms with E-state index in [0.717, 1.165) is 5.56 Å². The molecule has 1 heterocycles. The van der Waals surface area contributed by atoms with E-state index in [1.54, 1.807) is 24.9 Å². The van der Waals surface area contributed by atoms with Gasteiger partial charge in [0.25, 0.3) is 5.91 Å². The summed E-state index contributed by atoms with van der Waals surface area (Å²) in [5.74, 6) is -0.699. The first-order valence-electron chi connectivity index (χ1n) is 8.62. The van der Waals surface area contributed by atoms with Crippen molar-refractivity contribution >= 4 is 29.2 Å². The van der Waals surface area contributed by atoms with Gasteiger partial charge in [-0.3, -0.25) is 14.6 Å². The Labute approximate surface area is 162 Å². The molecule has 3 amide bonds. The Morgan fingerprint density at radius 2 is 1.81 bits per heavy atom. The normalized spacial score (nSPS) is 17.3. The van der Waals surface area contributed by atoms with Crippen molar-refractivity contribution in [3.8, 4) is 0 Å². The summed E-state index contributed by atoms with van der Waals surface area (Å²) in [6.07, 6.45) is 0. The average molecular weight is 390 g/mol. The summed E-state index contributed by atoms with van der Waals surface area (Å²) in [6, 6.07) is 10.9. The Kier molecular flexibility index (Phi) is 5.48. The molecule has 3 rings (SSSR count). The van der Waals surface area contributed by atoms with Crippen molar-refractivity contribution in [3.63, 3.8) is 0 Å². The van der Waals surface area contributed by atoms with Gasteiger partial charge in [-0.05, 0) is 45.2 Å². The molecule has 1 atom stereocenters. The highest BCUT2D eigenvalue weighted by molar-refractivity contribution is 6.31. The zero-order chi connectivity index (χ0) is 19.7. The molecule has 0 saturated carbocycles. The molecule has 2 aromatic rings. The molecule has 27 heavy (non-hydrogen) atoms. The zero-order valence-corrected chi connectivity index (χ0v) is 16.2. The van der Waals surface area contributed by atoms with Crippen LogP contribution in [0.25, 0.3) is 0 Å². The van der Waals surface area contributed by atoms with Gasteiger partial charge in [-0.2, -0.15) is 0 Å². The van der Waals surface area contributed by atoms with Crippen LogP contribution in [0.1, 0.15) is 18.1 Å². The third kappa shape index (κ3) is 3.82. The lowest BCUT2D eigenvalue weighted by atomic mass is 10.2. The monoisotopic (exact) mass is 389 g/mol. The largest absolute Gasteiger partial charge is 0.333 e. The minimum Gasteiger partial charge on any atom is -0.284 e. The fraction of sp³-hybridized carbons (Fsp3) is 0.300. The first kappa shape index (κ1) is 19.3. The molecule has 2 aromatic carbocycles. The van der Waals surface area contributed by atoms with Gasteiger partial charge < -0.3 is 0 Å². The summed E-state index contributed by atoms with van der Waals surface area (Å²) < 4.78 is 14.0. The molecule has 1 saturated heterocycles. The first-order valence-corrected chi connectivity index (χ1v) is 9.00. The first-order chi connectivity index (χ1) is 12.8. The molecule has 0 spiro atoms. The zero-order valence-electron chi connectivity index (χ0n) is 15.4. The minimum absolute atomic E-state index is 0.0506. The van der Waals surface area contributed by atoms with Crippen LogP contribution < -0.4 is 4.90 Å². The van der Waals surface area contributed by atoms with Crippen LogP contribution in [0.2, 0.25) is 5.02 Å². The fourth-order valence-electron chi connectivity index (χ4n) is 3.14. The molecule has 0 aromatic heterocycles. The SMILES string of the molecule is Cc1ccc(N2C(=O)N(CN(C)Cc3c(F)cccc3Cl)C(=O)[C@H]2C)cc1. The van der Waals surface area contributed by atoms with Crippen molar-refractivity contribution in [2.75, 3.05) is 18.6 Å². The van der Waals surface area contributed by atoms with E-state index in [9.17, 15) is 14.0 Å². The lowest BCUT2D eigenvalue weighted by Gasteiger charge is -2.24. The molecule has 7 heteroatoms. The van der Waals surface area contributed by atoms with Gasteiger partial charge in [-0.1, -0.05) is 35.4 Å². The third-order valence-electron chi connectivity index (χ3n) is 4.63. The van der Waals surface area contributed by atoms with Crippen molar-refractivity contribution in [2.24, 2.45) is 0 Å². The van der Waals surface area contributed by atoms with Gasteiger partial charge in [0.05, 0.1) is 6.67 Å². The number of rotatable bonds is 5. The Bertz CT molecular complexity index is 852. The number of carbonyl (C=O) groups is 2. The number of urea groups is 1.